The van der Waals surface area contributed by atoms with Crippen LogP contribution in [0.4, 0.5) is 15.8 Å². The lowest BCUT2D eigenvalue weighted by Crippen LogP contribution is -2.31. The monoisotopic (exact) mass is 293 g/mol. The summed E-state index contributed by atoms with van der Waals surface area (Å²) in [5.41, 5.74) is 7.18. The van der Waals surface area contributed by atoms with Crippen LogP contribution in [0.15, 0.2) is 12.1 Å². The van der Waals surface area contributed by atoms with E-state index >= 15 is 0 Å². The van der Waals surface area contributed by atoms with E-state index in [1.165, 1.54) is 12.1 Å². The summed E-state index contributed by atoms with van der Waals surface area (Å²) in [4.78, 5) is 23.2. The molecular formula is C15H20FN3O2. The van der Waals surface area contributed by atoms with Crippen molar-refractivity contribution in [1.29, 1.82) is 0 Å². The van der Waals surface area contributed by atoms with E-state index in [-0.39, 0.29) is 35.9 Å². The van der Waals surface area contributed by atoms with Gasteiger partial charge in [0.2, 0.25) is 11.8 Å². The Bertz CT molecular complexity index is 572. The Morgan fingerprint density at radius 3 is 2.81 bits per heavy atom. The zero-order valence-electron chi connectivity index (χ0n) is 12.2. The molecule has 0 saturated heterocycles. The Hall–Kier alpha value is -1.95. The van der Waals surface area contributed by atoms with Gasteiger partial charge in [-0.05, 0) is 30.0 Å². The molecule has 2 rings (SSSR count). The molecule has 0 aromatic heterocycles. The molecule has 0 saturated carbocycles. The smallest absolute Gasteiger partial charge is 0.226 e. The number of aryl methyl sites for hydroxylation is 1. The van der Waals surface area contributed by atoms with E-state index in [1.54, 1.807) is 0 Å². The number of nitrogens with two attached hydrogens (primary N) is 1. The number of carbonyl (C=O) groups excluding carboxylic acids is 2. The van der Waals surface area contributed by atoms with Crippen molar-refractivity contribution in [2.75, 3.05) is 10.6 Å². The first-order valence-electron chi connectivity index (χ1n) is 7.04. The molecule has 0 radical (unpaired) electrons. The Balaban J connectivity index is 2.11. The molecule has 0 aliphatic carbocycles. The fourth-order valence-corrected chi connectivity index (χ4v) is 2.15. The van der Waals surface area contributed by atoms with Crippen molar-refractivity contribution in [2.45, 2.75) is 39.2 Å². The molecule has 21 heavy (non-hydrogen) atoms. The first-order chi connectivity index (χ1) is 9.86. The van der Waals surface area contributed by atoms with Gasteiger partial charge in [0.15, 0.2) is 0 Å². The molecule has 6 heteroatoms. The average Bonchev–Trinajstić information content (AvgIpc) is 2.39. The Morgan fingerprint density at radius 2 is 2.14 bits per heavy atom. The van der Waals surface area contributed by atoms with Gasteiger partial charge in [-0.2, -0.15) is 0 Å². The van der Waals surface area contributed by atoms with Crippen LogP contribution in [-0.4, -0.2) is 17.9 Å². The Labute approximate surface area is 123 Å². The fourth-order valence-electron chi connectivity index (χ4n) is 2.15. The van der Waals surface area contributed by atoms with Crippen LogP contribution in [0.1, 0.15) is 32.3 Å². The molecule has 1 heterocycles. The van der Waals surface area contributed by atoms with Gasteiger partial charge in [-0.1, -0.05) is 13.8 Å². The van der Waals surface area contributed by atoms with Crippen LogP contribution in [-0.2, 0) is 16.0 Å². The van der Waals surface area contributed by atoms with Crippen molar-refractivity contribution in [3.63, 3.8) is 0 Å². The van der Waals surface area contributed by atoms with Crippen LogP contribution in [0.2, 0.25) is 0 Å². The molecule has 0 fully saturated rings. The van der Waals surface area contributed by atoms with Gasteiger partial charge in [0.1, 0.15) is 5.82 Å². The maximum absolute atomic E-state index is 14.0. The number of hydrogen-bond donors (Lipinski definition) is 3. The van der Waals surface area contributed by atoms with Gasteiger partial charge in [-0.25, -0.2) is 4.39 Å². The number of anilines is 2. The molecule has 0 bridgehead atoms. The van der Waals surface area contributed by atoms with Gasteiger partial charge in [0.05, 0.1) is 5.69 Å². The van der Waals surface area contributed by atoms with Crippen LogP contribution in [0.5, 0.6) is 0 Å². The molecule has 1 unspecified atom stereocenters. The molecule has 5 nitrogen and oxygen atoms in total. The van der Waals surface area contributed by atoms with E-state index in [0.29, 0.717) is 18.5 Å². The largest absolute Gasteiger partial charge is 0.327 e. The van der Waals surface area contributed by atoms with Gasteiger partial charge in [0.25, 0.3) is 0 Å². The minimum Gasteiger partial charge on any atom is -0.327 e. The second-order valence-electron chi connectivity index (χ2n) is 5.70. The van der Waals surface area contributed by atoms with Crippen molar-refractivity contribution in [1.82, 2.24) is 0 Å². The molecule has 2 amide bonds. The van der Waals surface area contributed by atoms with E-state index in [2.05, 4.69) is 10.6 Å². The van der Waals surface area contributed by atoms with Gasteiger partial charge >= 0.3 is 0 Å². The second-order valence-corrected chi connectivity index (χ2v) is 5.70. The maximum Gasteiger partial charge on any atom is 0.226 e. The van der Waals surface area contributed by atoms with Crippen LogP contribution < -0.4 is 16.4 Å². The molecule has 1 atom stereocenters. The zero-order valence-corrected chi connectivity index (χ0v) is 12.2. The van der Waals surface area contributed by atoms with Crippen LogP contribution in [0.25, 0.3) is 0 Å². The summed E-state index contributed by atoms with van der Waals surface area (Å²) >= 11 is 0. The molecule has 1 aromatic rings. The molecule has 4 N–H and O–H groups in total. The number of rotatable bonds is 4. The van der Waals surface area contributed by atoms with Gasteiger partial charge < -0.3 is 16.4 Å². The Morgan fingerprint density at radius 1 is 1.43 bits per heavy atom. The summed E-state index contributed by atoms with van der Waals surface area (Å²) in [6.45, 7) is 3.85. The highest BCUT2D eigenvalue weighted by atomic mass is 19.1. The fraction of sp³-hybridized carbons (Fsp3) is 0.467. The molecular weight excluding hydrogens is 273 g/mol. The first-order valence-corrected chi connectivity index (χ1v) is 7.04. The Kier molecular flexibility index (Phi) is 4.57. The number of carbonyl (C=O) groups is 2. The van der Waals surface area contributed by atoms with Crippen molar-refractivity contribution in [3.05, 3.63) is 23.5 Å². The number of fused-ring (bicyclic) bond motifs is 1. The number of nitrogens with one attached hydrogen (secondary N) is 2. The van der Waals surface area contributed by atoms with Crippen LogP contribution in [0.3, 0.4) is 0 Å². The van der Waals surface area contributed by atoms with Gasteiger partial charge in [0, 0.05) is 24.6 Å². The second kappa shape index (κ2) is 6.22. The van der Waals surface area contributed by atoms with E-state index in [9.17, 15) is 14.0 Å². The van der Waals surface area contributed by atoms with E-state index in [1.807, 2.05) is 13.8 Å². The van der Waals surface area contributed by atoms with Crippen molar-refractivity contribution in [3.8, 4) is 0 Å². The molecule has 0 spiro atoms. The zero-order chi connectivity index (χ0) is 15.6. The summed E-state index contributed by atoms with van der Waals surface area (Å²) < 4.78 is 14.0. The highest BCUT2D eigenvalue weighted by molar-refractivity contribution is 5.96. The van der Waals surface area contributed by atoms with Crippen LogP contribution in [0, 0.1) is 11.7 Å². The third-order valence-corrected chi connectivity index (χ3v) is 3.64. The van der Waals surface area contributed by atoms with Gasteiger partial charge in [-0.15, -0.1) is 0 Å². The first kappa shape index (κ1) is 15.4. The minimum absolute atomic E-state index is 0.0666. The molecule has 1 aromatic carbocycles. The highest BCUT2D eigenvalue weighted by Crippen LogP contribution is 2.28. The SMILES string of the molecule is CC(C)C(N)CC(=O)Nc1cc2c(cc1F)CCC(=O)N2. The predicted octanol–water partition coefficient (Wildman–Crippen LogP) is 2.02. The quantitative estimate of drug-likeness (QED) is 0.794. The lowest BCUT2D eigenvalue weighted by Gasteiger charge is -2.19. The minimum atomic E-state index is -0.503. The molecule has 1 aliphatic heterocycles. The maximum atomic E-state index is 14.0. The lowest BCUT2D eigenvalue weighted by molar-refractivity contribution is -0.117. The number of hydrogen-bond acceptors (Lipinski definition) is 3. The van der Waals surface area contributed by atoms with E-state index in [0.717, 1.165) is 5.56 Å². The summed E-state index contributed by atoms with van der Waals surface area (Å²) in [5.74, 6) is -0.773. The third-order valence-electron chi connectivity index (χ3n) is 3.64. The van der Waals surface area contributed by atoms with Crippen LogP contribution >= 0.6 is 0 Å². The topological polar surface area (TPSA) is 84.2 Å². The predicted molar refractivity (Wildman–Crippen MR) is 79.4 cm³/mol. The normalized spacial score (nSPS) is 15.4. The number of halogens is 1. The highest BCUT2D eigenvalue weighted by Gasteiger charge is 2.19. The summed E-state index contributed by atoms with van der Waals surface area (Å²) in [6.07, 6.45) is 0.979. The summed E-state index contributed by atoms with van der Waals surface area (Å²) in [7, 11) is 0. The number of benzene rings is 1. The average molecular weight is 293 g/mol. The van der Waals surface area contributed by atoms with Crippen molar-refractivity contribution in [2.24, 2.45) is 11.7 Å². The lowest BCUT2D eigenvalue weighted by atomic mass is 10.0. The van der Waals surface area contributed by atoms with Crippen molar-refractivity contribution < 1.29 is 14.0 Å². The molecule has 114 valence electrons. The summed E-state index contributed by atoms with van der Waals surface area (Å²) in [5, 5.41) is 5.19. The standard InChI is InChI=1S/C15H20FN3O2/c1-8(2)11(17)6-15(21)19-13-7-12-9(5-10(13)16)3-4-14(20)18-12/h5,7-8,11H,3-4,6,17H2,1-2H3,(H,18,20)(H,19,21). The molecule has 1 aliphatic rings. The number of amides is 2. The van der Waals surface area contributed by atoms with E-state index in [4.69, 9.17) is 5.73 Å². The third kappa shape index (κ3) is 3.78. The van der Waals surface area contributed by atoms with Crippen molar-refractivity contribution >= 4 is 23.2 Å². The van der Waals surface area contributed by atoms with Gasteiger partial charge in [-0.3, -0.25) is 9.59 Å². The van der Waals surface area contributed by atoms with E-state index < -0.39 is 5.82 Å². The summed E-state index contributed by atoms with van der Waals surface area (Å²) in [6, 6.07) is 2.54.